The molecule has 0 heterocycles. The van der Waals surface area contributed by atoms with Crippen LogP contribution >= 0.6 is 0 Å². The van der Waals surface area contributed by atoms with E-state index < -0.39 is 5.54 Å². The minimum absolute atomic E-state index is 0.223. The largest absolute Gasteiger partial charge is 0.493 e. The summed E-state index contributed by atoms with van der Waals surface area (Å²) in [5.41, 5.74) is 7.43. The van der Waals surface area contributed by atoms with Gasteiger partial charge in [-0.05, 0) is 45.1 Å². The van der Waals surface area contributed by atoms with E-state index in [0.717, 1.165) is 29.9 Å². The van der Waals surface area contributed by atoms with Crippen molar-refractivity contribution in [3.63, 3.8) is 0 Å². The first-order valence-corrected chi connectivity index (χ1v) is 7.08. The van der Waals surface area contributed by atoms with Crippen LogP contribution in [0.4, 0.5) is 0 Å². The summed E-state index contributed by atoms with van der Waals surface area (Å²) in [6.07, 6.45) is 1.95. The van der Waals surface area contributed by atoms with Crippen molar-refractivity contribution in [1.29, 1.82) is 0 Å². The van der Waals surface area contributed by atoms with Crippen LogP contribution in [-0.4, -0.2) is 39.3 Å². The van der Waals surface area contributed by atoms with E-state index in [9.17, 15) is 0 Å². The van der Waals surface area contributed by atoms with Crippen molar-refractivity contribution in [2.75, 3.05) is 28.3 Å². The third-order valence-electron chi connectivity index (χ3n) is 4.10. The number of nitrogens with two attached hydrogens (primary N) is 1. The highest BCUT2D eigenvalue weighted by atomic mass is 16.5. The second-order valence-corrected chi connectivity index (χ2v) is 5.50. The molecule has 2 N–H and O–H groups in total. The lowest BCUT2D eigenvalue weighted by atomic mass is 9.80. The number of rotatable bonds is 7. The minimum atomic E-state index is -0.405. The molecular formula is C16H28N2O2. The highest BCUT2D eigenvalue weighted by molar-refractivity contribution is 5.45. The molecule has 4 nitrogen and oxygen atoms in total. The standard InChI is InChI=1S/C16H28N2O2/c1-7-10-16(17,12(2)18(3)4)13-8-9-14(19-5)15(11-13)20-6/h8-9,11-12H,7,10,17H2,1-6H3. The van der Waals surface area contributed by atoms with Gasteiger partial charge in [-0.2, -0.15) is 0 Å². The van der Waals surface area contributed by atoms with Gasteiger partial charge in [-0.1, -0.05) is 19.4 Å². The van der Waals surface area contributed by atoms with Crippen LogP contribution in [0.2, 0.25) is 0 Å². The number of hydrogen-bond donors (Lipinski definition) is 1. The third-order valence-corrected chi connectivity index (χ3v) is 4.10. The van der Waals surface area contributed by atoms with Crippen molar-refractivity contribution < 1.29 is 9.47 Å². The summed E-state index contributed by atoms with van der Waals surface area (Å²) in [6.45, 7) is 4.32. The van der Waals surface area contributed by atoms with E-state index in [2.05, 4.69) is 32.8 Å². The van der Waals surface area contributed by atoms with Gasteiger partial charge in [-0.3, -0.25) is 0 Å². The Balaban J connectivity index is 3.27. The molecule has 0 fully saturated rings. The molecular weight excluding hydrogens is 252 g/mol. The van der Waals surface area contributed by atoms with Crippen LogP contribution in [-0.2, 0) is 5.54 Å². The fourth-order valence-corrected chi connectivity index (χ4v) is 2.59. The number of nitrogens with zero attached hydrogens (tertiary/aromatic N) is 1. The molecule has 2 unspecified atom stereocenters. The molecule has 20 heavy (non-hydrogen) atoms. The first-order chi connectivity index (χ1) is 9.40. The molecule has 0 saturated heterocycles. The summed E-state index contributed by atoms with van der Waals surface area (Å²) in [7, 11) is 7.40. The molecule has 0 aliphatic rings. The lowest BCUT2D eigenvalue weighted by Crippen LogP contribution is -2.52. The maximum atomic E-state index is 6.75. The van der Waals surface area contributed by atoms with Gasteiger partial charge < -0.3 is 20.1 Å². The molecule has 1 aromatic carbocycles. The van der Waals surface area contributed by atoms with E-state index in [4.69, 9.17) is 15.2 Å². The topological polar surface area (TPSA) is 47.7 Å². The number of hydrogen-bond acceptors (Lipinski definition) is 4. The quantitative estimate of drug-likeness (QED) is 0.834. The van der Waals surface area contributed by atoms with Crippen molar-refractivity contribution in [3.8, 4) is 11.5 Å². The molecule has 1 aromatic rings. The van der Waals surface area contributed by atoms with Crippen molar-refractivity contribution in [2.45, 2.75) is 38.3 Å². The number of methoxy groups -OCH3 is 2. The molecule has 0 radical (unpaired) electrons. The zero-order valence-electron chi connectivity index (χ0n) is 13.6. The maximum absolute atomic E-state index is 6.75. The summed E-state index contributed by atoms with van der Waals surface area (Å²) >= 11 is 0. The number of benzene rings is 1. The predicted octanol–water partition coefficient (Wildman–Crippen LogP) is 2.61. The first-order valence-electron chi connectivity index (χ1n) is 7.08. The van der Waals surface area contributed by atoms with Crippen molar-refractivity contribution in [3.05, 3.63) is 23.8 Å². The van der Waals surface area contributed by atoms with E-state index in [-0.39, 0.29) is 6.04 Å². The summed E-state index contributed by atoms with van der Waals surface area (Å²) < 4.78 is 10.7. The Morgan fingerprint density at radius 2 is 1.80 bits per heavy atom. The van der Waals surface area contributed by atoms with Crippen molar-refractivity contribution in [2.24, 2.45) is 5.73 Å². The van der Waals surface area contributed by atoms with Gasteiger partial charge in [0.2, 0.25) is 0 Å². The van der Waals surface area contributed by atoms with E-state index in [1.165, 1.54) is 0 Å². The van der Waals surface area contributed by atoms with Crippen LogP contribution in [0.25, 0.3) is 0 Å². The molecule has 0 saturated carbocycles. The smallest absolute Gasteiger partial charge is 0.161 e. The number of likely N-dealkylation sites (N-methyl/N-ethyl adjacent to an activating group) is 1. The van der Waals surface area contributed by atoms with Crippen LogP contribution < -0.4 is 15.2 Å². The lowest BCUT2D eigenvalue weighted by molar-refractivity contribution is 0.180. The van der Waals surface area contributed by atoms with Gasteiger partial charge in [-0.25, -0.2) is 0 Å². The molecule has 114 valence electrons. The Kier molecular flexibility index (Phi) is 5.84. The maximum Gasteiger partial charge on any atom is 0.161 e. The van der Waals surface area contributed by atoms with Gasteiger partial charge >= 0.3 is 0 Å². The van der Waals surface area contributed by atoms with Crippen molar-refractivity contribution in [1.82, 2.24) is 4.90 Å². The zero-order chi connectivity index (χ0) is 15.3. The molecule has 0 spiro atoms. The van der Waals surface area contributed by atoms with E-state index >= 15 is 0 Å². The van der Waals surface area contributed by atoms with Gasteiger partial charge in [0.15, 0.2) is 11.5 Å². The van der Waals surface area contributed by atoms with E-state index in [1.807, 2.05) is 18.2 Å². The van der Waals surface area contributed by atoms with Crippen LogP contribution in [0.5, 0.6) is 11.5 Å². The van der Waals surface area contributed by atoms with Gasteiger partial charge in [0.25, 0.3) is 0 Å². The van der Waals surface area contributed by atoms with Crippen LogP contribution in [0, 0.1) is 0 Å². The average molecular weight is 280 g/mol. The summed E-state index contributed by atoms with van der Waals surface area (Å²) in [5.74, 6) is 1.45. The Morgan fingerprint density at radius 1 is 1.20 bits per heavy atom. The Bertz CT molecular complexity index is 434. The van der Waals surface area contributed by atoms with Crippen LogP contribution in [0.1, 0.15) is 32.3 Å². The van der Waals surface area contributed by atoms with E-state index in [1.54, 1.807) is 14.2 Å². The summed E-state index contributed by atoms with van der Waals surface area (Å²) in [6, 6.07) is 6.18. The fourth-order valence-electron chi connectivity index (χ4n) is 2.59. The molecule has 1 rings (SSSR count). The summed E-state index contributed by atoms with van der Waals surface area (Å²) in [5, 5.41) is 0. The highest BCUT2D eigenvalue weighted by Gasteiger charge is 2.34. The first kappa shape index (κ1) is 16.8. The predicted molar refractivity (Wildman–Crippen MR) is 83.5 cm³/mol. The van der Waals surface area contributed by atoms with E-state index in [0.29, 0.717) is 0 Å². The van der Waals surface area contributed by atoms with Gasteiger partial charge in [-0.15, -0.1) is 0 Å². The molecule has 0 amide bonds. The Labute approximate surface area is 122 Å². The summed E-state index contributed by atoms with van der Waals surface area (Å²) in [4.78, 5) is 2.16. The fraction of sp³-hybridized carbons (Fsp3) is 0.625. The Morgan fingerprint density at radius 3 is 2.25 bits per heavy atom. The monoisotopic (exact) mass is 280 g/mol. The number of ether oxygens (including phenoxy) is 2. The molecule has 0 aliphatic carbocycles. The SMILES string of the molecule is CCCC(N)(c1ccc(OC)c(OC)c1)C(C)N(C)C. The second kappa shape index (κ2) is 6.95. The molecule has 2 atom stereocenters. The molecule has 4 heteroatoms. The van der Waals surface area contributed by atoms with Gasteiger partial charge in [0.05, 0.1) is 19.8 Å². The average Bonchev–Trinajstić information content (AvgIpc) is 2.45. The van der Waals surface area contributed by atoms with Gasteiger partial charge in [0, 0.05) is 6.04 Å². The normalized spacial score (nSPS) is 15.8. The molecule has 0 bridgehead atoms. The second-order valence-electron chi connectivity index (χ2n) is 5.50. The van der Waals surface area contributed by atoms with Crippen LogP contribution in [0.15, 0.2) is 18.2 Å². The zero-order valence-corrected chi connectivity index (χ0v) is 13.6. The Hall–Kier alpha value is -1.26. The molecule has 0 aliphatic heterocycles. The van der Waals surface area contributed by atoms with Crippen molar-refractivity contribution >= 4 is 0 Å². The highest BCUT2D eigenvalue weighted by Crippen LogP contribution is 2.35. The van der Waals surface area contributed by atoms with Gasteiger partial charge in [0.1, 0.15) is 0 Å². The van der Waals surface area contributed by atoms with Crippen LogP contribution in [0.3, 0.4) is 0 Å². The molecule has 0 aromatic heterocycles. The minimum Gasteiger partial charge on any atom is -0.493 e. The third kappa shape index (κ3) is 3.25. The lowest BCUT2D eigenvalue weighted by Gasteiger charge is -2.40.